The molecule has 5 nitrogen and oxygen atoms in total. The molecule has 3 rings (SSSR count). The van der Waals surface area contributed by atoms with Gasteiger partial charge in [-0.1, -0.05) is 30.3 Å². The molecule has 0 fully saturated rings. The third-order valence-electron chi connectivity index (χ3n) is 3.73. The Labute approximate surface area is 151 Å². The van der Waals surface area contributed by atoms with Crippen molar-refractivity contribution in [2.24, 2.45) is 0 Å². The molecular formula is C19H20N4OS. The van der Waals surface area contributed by atoms with Crippen molar-refractivity contribution in [3.05, 3.63) is 78.2 Å². The van der Waals surface area contributed by atoms with E-state index in [1.165, 1.54) is 5.56 Å². The van der Waals surface area contributed by atoms with E-state index in [9.17, 15) is 4.79 Å². The first-order valence-corrected chi connectivity index (χ1v) is 9.15. The van der Waals surface area contributed by atoms with Gasteiger partial charge < -0.3 is 5.32 Å². The van der Waals surface area contributed by atoms with Crippen molar-refractivity contribution in [3.8, 4) is 5.82 Å². The van der Waals surface area contributed by atoms with Gasteiger partial charge in [0.15, 0.2) is 5.82 Å². The lowest BCUT2D eigenvalue weighted by Gasteiger charge is -2.12. The van der Waals surface area contributed by atoms with Gasteiger partial charge in [0, 0.05) is 30.9 Å². The van der Waals surface area contributed by atoms with Crippen molar-refractivity contribution in [3.63, 3.8) is 0 Å². The fraction of sp³-hybridized carbons (Fsp3) is 0.211. The lowest BCUT2D eigenvalue weighted by molar-refractivity contribution is -0.120. The highest BCUT2D eigenvalue weighted by Crippen LogP contribution is 2.17. The summed E-state index contributed by atoms with van der Waals surface area (Å²) in [5.41, 5.74) is 2.22. The minimum absolute atomic E-state index is 0.0402. The topological polar surface area (TPSA) is 59.8 Å². The Balaban J connectivity index is 1.51. The maximum Gasteiger partial charge on any atom is 0.233 e. The van der Waals surface area contributed by atoms with E-state index >= 15 is 0 Å². The number of amides is 1. The molecule has 0 radical (unpaired) electrons. The van der Waals surface area contributed by atoms with Gasteiger partial charge in [0.2, 0.25) is 5.91 Å². The normalized spacial score (nSPS) is 11.9. The second-order valence-electron chi connectivity index (χ2n) is 5.63. The molecule has 0 bridgehead atoms. The van der Waals surface area contributed by atoms with Crippen molar-refractivity contribution in [2.45, 2.75) is 24.5 Å². The first-order chi connectivity index (χ1) is 12.2. The monoisotopic (exact) mass is 352 g/mol. The number of hydrogen-bond acceptors (Lipinski definition) is 4. The molecule has 1 unspecified atom stereocenters. The van der Waals surface area contributed by atoms with E-state index in [0.717, 1.165) is 17.1 Å². The molecule has 25 heavy (non-hydrogen) atoms. The van der Waals surface area contributed by atoms with E-state index < -0.39 is 0 Å². The smallest absolute Gasteiger partial charge is 0.233 e. The van der Waals surface area contributed by atoms with E-state index in [1.54, 1.807) is 28.8 Å². The van der Waals surface area contributed by atoms with Gasteiger partial charge in [-0.25, -0.2) is 9.67 Å². The van der Waals surface area contributed by atoms with Crippen molar-refractivity contribution >= 4 is 17.7 Å². The van der Waals surface area contributed by atoms with E-state index in [4.69, 9.17) is 0 Å². The number of rotatable bonds is 7. The van der Waals surface area contributed by atoms with Crippen molar-refractivity contribution in [1.29, 1.82) is 0 Å². The maximum absolute atomic E-state index is 12.3. The van der Waals surface area contributed by atoms with Gasteiger partial charge in [0.1, 0.15) is 0 Å². The van der Waals surface area contributed by atoms with Crippen LogP contribution in [0, 0.1) is 0 Å². The van der Waals surface area contributed by atoms with Crippen LogP contribution in [-0.2, 0) is 17.1 Å². The van der Waals surface area contributed by atoms with Crippen molar-refractivity contribution in [2.75, 3.05) is 0 Å². The summed E-state index contributed by atoms with van der Waals surface area (Å²) in [4.78, 5) is 16.6. The Morgan fingerprint density at radius 3 is 2.76 bits per heavy atom. The highest BCUT2D eigenvalue weighted by atomic mass is 32.2. The number of pyridine rings is 1. The Bertz CT molecular complexity index is 805. The number of carbonyl (C=O) groups is 1. The first-order valence-electron chi connectivity index (χ1n) is 8.10. The van der Waals surface area contributed by atoms with E-state index in [-0.39, 0.29) is 11.2 Å². The molecule has 0 aliphatic rings. The van der Waals surface area contributed by atoms with Crippen LogP contribution in [0.2, 0.25) is 0 Å². The second kappa shape index (κ2) is 8.48. The SMILES string of the molecule is CC(SCc1ccccc1)C(=O)NCc1ccnc(-n2cccn2)c1. The van der Waals surface area contributed by atoms with E-state index in [1.807, 2.05) is 49.5 Å². The van der Waals surface area contributed by atoms with Crippen LogP contribution >= 0.6 is 11.8 Å². The Morgan fingerprint density at radius 1 is 1.16 bits per heavy atom. The van der Waals surface area contributed by atoms with Gasteiger partial charge in [-0.05, 0) is 36.2 Å². The number of hydrogen-bond donors (Lipinski definition) is 1. The third kappa shape index (κ3) is 4.93. The quantitative estimate of drug-likeness (QED) is 0.709. The standard InChI is InChI=1S/C19H20N4OS/c1-15(25-14-16-6-3-2-4-7-16)19(24)21-13-17-8-10-20-18(12-17)23-11-5-9-22-23/h2-12,15H,13-14H2,1H3,(H,21,24). The van der Waals surface area contributed by atoms with Gasteiger partial charge in [-0.3, -0.25) is 4.79 Å². The summed E-state index contributed by atoms with van der Waals surface area (Å²) in [6.45, 7) is 2.41. The highest BCUT2D eigenvalue weighted by Gasteiger charge is 2.13. The molecule has 0 saturated carbocycles. The second-order valence-corrected chi connectivity index (χ2v) is 6.96. The zero-order valence-electron chi connectivity index (χ0n) is 14.0. The lowest BCUT2D eigenvalue weighted by Crippen LogP contribution is -2.30. The van der Waals surface area contributed by atoms with Crippen LogP contribution in [-0.4, -0.2) is 25.9 Å². The van der Waals surface area contributed by atoms with Crippen molar-refractivity contribution < 1.29 is 4.79 Å². The fourth-order valence-electron chi connectivity index (χ4n) is 2.30. The number of nitrogens with zero attached hydrogens (tertiary/aromatic N) is 3. The Kier molecular flexibility index (Phi) is 5.85. The molecule has 0 spiro atoms. The van der Waals surface area contributed by atoms with Gasteiger partial charge in [-0.15, -0.1) is 11.8 Å². The van der Waals surface area contributed by atoms with Gasteiger partial charge in [0.05, 0.1) is 5.25 Å². The molecule has 2 aromatic heterocycles. The van der Waals surface area contributed by atoms with Crippen LogP contribution in [0.3, 0.4) is 0 Å². The molecule has 2 heterocycles. The van der Waals surface area contributed by atoms with Gasteiger partial charge in [-0.2, -0.15) is 5.10 Å². The molecule has 0 aliphatic heterocycles. The highest BCUT2D eigenvalue weighted by molar-refractivity contribution is 7.99. The maximum atomic E-state index is 12.3. The minimum atomic E-state index is -0.104. The molecule has 1 aromatic carbocycles. The fourth-order valence-corrected chi connectivity index (χ4v) is 3.17. The molecule has 3 aromatic rings. The van der Waals surface area contributed by atoms with Gasteiger partial charge >= 0.3 is 0 Å². The zero-order valence-corrected chi connectivity index (χ0v) is 14.8. The lowest BCUT2D eigenvalue weighted by atomic mass is 10.2. The summed E-state index contributed by atoms with van der Waals surface area (Å²) in [7, 11) is 0. The van der Waals surface area contributed by atoms with Crippen LogP contribution in [0.1, 0.15) is 18.1 Å². The molecular weight excluding hydrogens is 332 g/mol. The summed E-state index contributed by atoms with van der Waals surface area (Å²) >= 11 is 1.64. The summed E-state index contributed by atoms with van der Waals surface area (Å²) in [6.07, 6.45) is 5.28. The summed E-state index contributed by atoms with van der Waals surface area (Å²) < 4.78 is 1.70. The predicted octanol–water partition coefficient (Wildman–Crippen LogP) is 3.21. The Hall–Kier alpha value is -2.60. The Morgan fingerprint density at radius 2 is 2.00 bits per heavy atom. The average Bonchev–Trinajstić information content (AvgIpc) is 3.20. The van der Waals surface area contributed by atoms with Crippen LogP contribution in [0.4, 0.5) is 0 Å². The van der Waals surface area contributed by atoms with Crippen molar-refractivity contribution in [1.82, 2.24) is 20.1 Å². The molecule has 0 aliphatic carbocycles. The average molecular weight is 352 g/mol. The number of thioether (sulfide) groups is 1. The number of nitrogens with one attached hydrogen (secondary N) is 1. The molecule has 0 saturated heterocycles. The van der Waals surface area contributed by atoms with E-state index in [2.05, 4.69) is 27.5 Å². The summed E-state index contributed by atoms with van der Waals surface area (Å²) in [6, 6.07) is 15.8. The van der Waals surface area contributed by atoms with Crippen LogP contribution in [0.5, 0.6) is 0 Å². The largest absolute Gasteiger partial charge is 0.351 e. The first kappa shape index (κ1) is 17.2. The molecule has 1 N–H and O–H groups in total. The third-order valence-corrected chi connectivity index (χ3v) is 4.94. The molecule has 6 heteroatoms. The summed E-state index contributed by atoms with van der Waals surface area (Å²) in [5, 5.41) is 7.05. The predicted molar refractivity (Wildman–Crippen MR) is 100 cm³/mol. The number of benzene rings is 1. The molecule has 128 valence electrons. The molecule has 1 atom stereocenters. The minimum Gasteiger partial charge on any atom is -0.351 e. The van der Waals surface area contributed by atoms with Crippen LogP contribution in [0.25, 0.3) is 5.82 Å². The van der Waals surface area contributed by atoms with Crippen LogP contribution in [0.15, 0.2) is 67.1 Å². The van der Waals surface area contributed by atoms with E-state index in [0.29, 0.717) is 6.54 Å². The van der Waals surface area contributed by atoms with Crippen LogP contribution < -0.4 is 5.32 Å². The zero-order chi connectivity index (χ0) is 17.5. The number of carbonyl (C=O) groups excluding carboxylic acids is 1. The summed E-state index contributed by atoms with van der Waals surface area (Å²) in [5.74, 6) is 1.61. The van der Waals surface area contributed by atoms with Gasteiger partial charge in [0.25, 0.3) is 0 Å². The molecule has 1 amide bonds. The number of aromatic nitrogens is 3.